The van der Waals surface area contributed by atoms with Crippen molar-refractivity contribution in [1.82, 2.24) is 25.4 Å². The number of hydrogen-bond donors (Lipinski definition) is 2. The predicted octanol–water partition coefficient (Wildman–Crippen LogP) is 1.07. The van der Waals surface area contributed by atoms with Gasteiger partial charge in [-0.3, -0.25) is 4.99 Å². The van der Waals surface area contributed by atoms with Crippen LogP contribution in [-0.2, 0) is 19.4 Å². The summed E-state index contributed by atoms with van der Waals surface area (Å²) in [6.45, 7) is 3.92. The number of rotatable bonds is 6. The Kier molecular flexibility index (Phi) is 6.35. The summed E-state index contributed by atoms with van der Waals surface area (Å²) in [6, 6.07) is 0.371. The fraction of sp³-hybridized carbons (Fsp3) is 0.786. The Morgan fingerprint density at radius 3 is 3.10 bits per heavy atom. The zero-order valence-corrected chi connectivity index (χ0v) is 14.0. The van der Waals surface area contributed by atoms with Crippen molar-refractivity contribution >= 4 is 17.7 Å². The molecule has 1 unspecified atom stereocenters. The first-order valence-corrected chi connectivity index (χ1v) is 9.05. The fourth-order valence-corrected chi connectivity index (χ4v) is 2.87. The highest BCUT2D eigenvalue weighted by molar-refractivity contribution is 7.98. The van der Waals surface area contributed by atoms with Crippen LogP contribution >= 0.6 is 11.8 Å². The first-order chi connectivity index (χ1) is 10.3. The van der Waals surface area contributed by atoms with Crippen molar-refractivity contribution in [2.24, 2.45) is 4.99 Å². The number of thioether (sulfide) groups is 1. The largest absolute Gasteiger partial charge is 0.356 e. The average Bonchev–Trinajstić information content (AvgIpc) is 2.92. The van der Waals surface area contributed by atoms with Crippen molar-refractivity contribution in [3.8, 4) is 0 Å². The highest BCUT2D eigenvalue weighted by Gasteiger charge is 2.21. The van der Waals surface area contributed by atoms with Gasteiger partial charge in [-0.25, -0.2) is 9.67 Å². The van der Waals surface area contributed by atoms with Gasteiger partial charge < -0.3 is 10.6 Å². The second-order valence-electron chi connectivity index (χ2n) is 5.21. The molecule has 0 radical (unpaired) electrons. The molecule has 0 aromatic carbocycles. The molecule has 0 fully saturated rings. The van der Waals surface area contributed by atoms with Crippen LogP contribution < -0.4 is 10.6 Å². The summed E-state index contributed by atoms with van der Waals surface area (Å²) in [6.07, 6.45) is 6.24. The van der Waals surface area contributed by atoms with Gasteiger partial charge in [-0.05, 0) is 24.9 Å². The van der Waals surface area contributed by atoms with Crippen LogP contribution in [0.5, 0.6) is 0 Å². The number of hydrogen-bond acceptors (Lipinski definition) is 4. The molecule has 0 bridgehead atoms. The maximum Gasteiger partial charge on any atom is 0.191 e. The molecule has 1 aliphatic rings. The summed E-state index contributed by atoms with van der Waals surface area (Å²) in [7, 11) is 1.82. The van der Waals surface area contributed by atoms with Crippen LogP contribution in [0.3, 0.4) is 0 Å². The maximum atomic E-state index is 4.55. The van der Waals surface area contributed by atoms with Crippen LogP contribution in [0.15, 0.2) is 4.99 Å². The highest BCUT2D eigenvalue weighted by atomic mass is 32.2. The molecule has 2 heterocycles. The molecule has 6 nitrogen and oxygen atoms in total. The van der Waals surface area contributed by atoms with E-state index in [-0.39, 0.29) is 0 Å². The van der Waals surface area contributed by atoms with E-state index >= 15 is 0 Å². The SMILES string of the molecule is CCc1nc2n(n1)CC(NC(=NC)NCCCSC)CC2. The van der Waals surface area contributed by atoms with E-state index in [1.165, 1.54) is 5.75 Å². The van der Waals surface area contributed by atoms with Gasteiger partial charge in [0.25, 0.3) is 0 Å². The van der Waals surface area contributed by atoms with E-state index in [4.69, 9.17) is 0 Å². The monoisotopic (exact) mass is 310 g/mol. The van der Waals surface area contributed by atoms with Crippen LogP contribution in [0, 0.1) is 0 Å². The zero-order valence-electron chi connectivity index (χ0n) is 13.2. The maximum absolute atomic E-state index is 4.55. The number of aliphatic imine (C=N–C) groups is 1. The molecule has 0 saturated carbocycles. The second-order valence-corrected chi connectivity index (χ2v) is 6.19. The quantitative estimate of drug-likeness (QED) is 0.467. The summed E-state index contributed by atoms with van der Waals surface area (Å²) >= 11 is 1.87. The van der Waals surface area contributed by atoms with E-state index < -0.39 is 0 Å². The third kappa shape index (κ3) is 4.62. The molecule has 1 atom stereocenters. The zero-order chi connectivity index (χ0) is 15.1. The van der Waals surface area contributed by atoms with E-state index in [0.29, 0.717) is 6.04 Å². The Morgan fingerprint density at radius 2 is 2.38 bits per heavy atom. The Labute approximate surface area is 131 Å². The molecule has 1 aliphatic heterocycles. The third-order valence-corrected chi connectivity index (χ3v) is 4.30. The fourth-order valence-electron chi connectivity index (χ4n) is 2.44. The van der Waals surface area contributed by atoms with Crippen LogP contribution in [0.1, 0.15) is 31.4 Å². The van der Waals surface area contributed by atoms with Gasteiger partial charge in [0.05, 0.1) is 6.54 Å². The molecule has 0 saturated heterocycles. The van der Waals surface area contributed by atoms with E-state index in [1.54, 1.807) is 0 Å². The lowest BCUT2D eigenvalue weighted by molar-refractivity contribution is 0.392. The van der Waals surface area contributed by atoms with Gasteiger partial charge in [-0.2, -0.15) is 16.9 Å². The van der Waals surface area contributed by atoms with Crippen molar-refractivity contribution in [2.45, 2.75) is 45.2 Å². The summed E-state index contributed by atoms with van der Waals surface area (Å²) in [4.78, 5) is 8.85. The minimum absolute atomic E-state index is 0.371. The number of aryl methyl sites for hydroxylation is 2. The van der Waals surface area contributed by atoms with Crippen molar-refractivity contribution in [2.75, 3.05) is 25.6 Å². The van der Waals surface area contributed by atoms with Crippen molar-refractivity contribution in [3.63, 3.8) is 0 Å². The molecule has 118 valence electrons. The van der Waals surface area contributed by atoms with Crippen molar-refractivity contribution in [1.29, 1.82) is 0 Å². The number of guanidine groups is 1. The Bertz CT molecular complexity index is 470. The van der Waals surface area contributed by atoms with Crippen LogP contribution in [-0.4, -0.2) is 52.4 Å². The number of aromatic nitrogens is 3. The third-order valence-electron chi connectivity index (χ3n) is 3.60. The minimum Gasteiger partial charge on any atom is -0.356 e. The normalized spacial score (nSPS) is 18.4. The lowest BCUT2D eigenvalue weighted by atomic mass is 10.1. The Morgan fingerprint density at radius 1 is 1.52 bits per heavy atom. The average molecular weight is 310 g/mol. The van der Waals surface area contributed by atoms with Crippen LogP contribution in [0.25, 0.3) is 0 Å². The van der Waals surface area contributed by atoms with Gasteiger partial charge in [0.15, 0.2) is 11.8 Å². The summed E-state index contributed by atoms with van der Waals surface area (Å²) < 4.78 is 2.04. The van der Waals surface area contributed by atoms with Crippen LogP contribution in [0.2, 0.25) is 0 Å². The summed E-state index contributed by atoms with van der Waals surface area (Å²) in [5, 5.41) is 11.4. The minimum atomic E-state index is 0.371. The molecule has 0 aliphatic carbocycles. The van der Waals surface area contributed by atoms with Gasteiger partial charge in [0.1, 0.15) is 5.82 Å². The molecule has 0 amide bonds. The Balaban J connectivity index is 1.83. The second kappa shape index (κ2) is 8.26. The topological polar surface area (TPSA) is 67.1 Å². The van der Waals surface area contributed by atoms with Gasteiger partial charge in [-0.1, -0.05) is 6.92 Å². The van der Waals surface area contributed by atoms with Crippen LogP contribution in [0.4, 0.5) is 0 Å². The van der Waals surface area contributed by atoms with Gasteiger partial charge in [0, 0.05) is 32.5 Å². The van der Waals surface area contributed by atoms with Gasteiger partial charge in [-0.15, -0.1) is 0 Å². The predicted molar refractivity (Wildman–Crippen MR) is 89.0 cm³/mol. The standard InChI is InChI=1S/C14H26N6S/c1-4-12-18-13-7-6-11(10-20(13)19-12)17-14(15-2)16-8-5-9-21-3/h11H,4-10H2,1-3H3,(H2,15,16,17). The first-order valence-electron chi connectivity index (χ1n) is 7.65. The molecule has 21 heavy (non-hydrogen) atoms. The van der Waals surface area contributed by atoms with Crippen molar-refractivity contribution in [3.05, 3.63) is 11.6 Å². The van der Waals surface area contributed by atoms with Crippen molar-refractivity contribution < 1.29 is 0 Å². The molecular weight excluding hydrogens is 284 g/mol. The molecule has 0 spiro atoms. The molecule has 2 N–H and O–H groups in total. The lowest BCUT2D eigenvalue weighted by Crippen LogP contribution is -2.47. The lowest BCUT2D eigenvalue weighted by Gasteiger charge is -2.25. The number of fused-ring (bicyclic) bond motifs is 1. The van der Waals surface area contributed by atoms with E-state index in [0.717, 1.165) is 56.4 Å². The molecule has 7 heteroatoms. The number of nitrogens with one attached hydrogen (secondary N) is 2. The first kappa shape index (κ1) is 16.1. The van der Waals surface area contributed by atoms with Gasteiger partial charge in [0.2, 0.25) is 0 Å². The molecule has 1 aromatic heterocycles. The smallest absolute Gasteiger partial charge is 0.191 e. The van der Waals surface area contributed by atoms with Gasteiger partial charge >= 0.3 is 0 Å². The van der Waals surface area contributed by atoms with E-state index in [2.05, 4.69) is 38.9 Å². The molecule has 1 aromatic rings. The van der Waals surface area contributed by atoms with E-state index in [1.807, 2.05) is 23.5 Å². The molecular formula is C14H26N6S. The molecule has 2 rings (SSSR count). The highest BCUT2D eigenvalue weighted by Crippen LogP contribution is 2.13. The number of nitrogens with zero attached hydrogens (tertiary/aromatic N) is 4. The Hall–Kier alpha value is -1.24. The summed E-state index contributed by atoms with van der Waals surface area (Å²) in [5.74, 6) is 4.13. The van der Waals surface area contributed by atoms with E-state index in [9.17, 15) is 0 Å². The summed E-state index contributed by atoms with van der Waals surface area (Å²) in [5.41, 5.74) is 0.